The van der Waals surface area contributed by atoms with E-state index in [1.807, 2.05) is 0 Å². The standard InChI is InChI=1S/C3H5N3/c1-3(2-4)6-5/h6H,1,5H2. The molecule has 0 rings (SSSR count). The normalized spacial score (nSPS) is 6.00. The summed E-state index contributed by atoms with van der Waals surface area (Å²) in [4.78, 5) is 0. The molecule has 3 heteroatoms. The molecule has 0 heterocycles. The summed E-state index contributed by atoms with van der Waals surface area (Å²) in [7, 11) is 0. The minimum Gasteiger partial charge on any atom is -0.316 e. The largest absolute Gasteiger partial charge is 0.316 e. The van der Waals surface area contributed by atoms with E-state index in [1.165, 1.54) is 0 Å². The van der Waals surface area contributed by atoms with Crippen molar-refractivity contribution in [2.45, 2.75) is 0 Å². The van der Waals surface area contributed by atoms with Crippen LogP contribution >= 0.6 is 0 Å². The first-order chi connectivity index (χ1) is 2.81. The van der Waals surface area contributed by atoms with E-state index in [-0.39, 0.29) is 5.70 Å². The Morgan fingerprint density at radius 3 is 2.50 bits per heavy atom. The van der Waals surface area contributed by atoms with Crippen LogP contribution in [0.2, 0.25) is 0 Å². The molecule has 0 unspecified atom stereocenters. The van der Waals surface area contributed by atoms with Crippen molar-refractivity contribution in [3.8, 4) is 6.07 Å². The van der Waals surface area contributed by atoms with Crippen LogP contribution in [0.1, 0.15) is 0 Å². The molecule has 0 aromatic heterocycles. The van der Waals surface area contributed by atoms with E-state index in [0.717, 1.165) is 0 Å². The molecule has 0 aromatic carbocycles. The van der Waals surface area contributed by atoms with Crippen LogP contribution in [0.4, 0.5) is 0 Å². The summed E-state index contributed by atoms with van der Waals surface area (Å²) in [5.41, 5.74) is 2.23. The minimum atomic E-state index is 0.176. The molecule has 6 heavy (non-hydrogen) atoms. The quantitative estimate of drug-likeness (QED) is 0.255. The van der Waals surface area contributed by atoms with Crippen molar-refractivity contribution in [1.29, 1.82) is 5.26 Å². The second-order valence-corrected chi connectivity index (χ2v) is 0.735. The van der Waals surface area contributed by atoms with Gasteiger partial charge in [-0.2, -0.15) is 5.26 Å². The lowest BCUT2D eigenvalue weighted by Gasteiger charge is -1.84. The number of hydrogen-bond donors (Lipinski definition) is 2. The Morgan fingerprint density at radius 2 is 2.50 bits per heavy atom. The first-order valence-electron chi connectivity index (χ1n) is 1.37. The van der Waals surface area contributed by atoms with Gasteiger partial charge in [0.05, 0.1) is 0 Å². The maximum Gasteiger partial charge on any atom is 0.120 e. The van der Waals surface area contributed by atoms with Gasteiger partial charge in [0.25, 0.3) is 0 Å². The predicted molar refractivity (Wildman–Crippen MR) is 22.1 cm³/mol. The van der Waals surface area contributed by atoms with E-state index in [9.17, 15) is 0 Å². The second kappa shape index (κ2) is 2.24. The third-order valence-corrected chi connectivity index (χ3v) is 0.309. The van der Waals surface area contributed by atoms with E-state index in [4.69, 9.17) is 11.1 Å². The molecular formula is C3H5N3. The van der Waals surface area contributed by atoms with E-state index in [1.54, 1.807) is 6.07 Å². The summed E-state index contributed by atoms with van der Waals surface area (Å²) in [6.07, 6.45) is 0. The SMILES string of the molecule is C=C(C#N)NN. The minimum absolute atomic E-state index is 0.176. The monoisotopic (exact) mass is 83.0 g/mol. The van der Waals surface area contributed by atoms with E-state index in [0.29, 0.717) is 0 Å². The molecule has 0 saturated carbocycles. The third kappa shape index (κ3) is 1.32. The lowest BCUT2D eigenvalue weighted by Crippen LogP contribution is -2.18. The molecule has 0 amide bonds. The van der Waals surface area contributed by atoms with Gasteiger partial charge in [-0.25, -0.2) is 5.84 Å². The molecule has 0 atom stereocenters. The van der Waals surface area contributed by atoms with Crippen molar-refractivity contribution in [2.75, 3.05) is 0 Å². The Labute approximate surface area is 36.0 Å². The zero-order chi connectivity index (χ0) is 4.99. The van der Waals surface area contributed by atoms with Gasteiger partial charge in [-0.05, 0) is 0 Å². The van der Waals surface area contributed by atoms with Crippen LogP contribution in [0.25, 0.3) is 0 Å². The molecule has 0 aliphatic heterocycles. The number of allylic oxidation sites excluding steroid dienone is 1. The average molecular weight is 83.1 g/mol. The van der Waals surface area contributed by atoms with Crippen LogP contribution in [0.5, 0.6) is 0 Å². The van der Waals surface area contributed by atoms with Crippen LogP contribution in [0.15, 0.2) is 12.3 Å². The van der Waals surface area contributed by atoms with Gasteiger partial charge in [-0.1, -0.05) is 6.58 Å². The first-order valence-corrected chi connectivity index (χ1v) is 1.37. The van der Waals surface area contributed by atoms with Crippen LogP contribution in [0, 0.1) is 11.3 Å². The predicted octanol–water partition coefficient (Wildman–Crippen LogP) is -0.513. The lowest BCUT2D eigenvalue weighted by molar-refractivity contribution is 0.926. The zero-order valence-electron chi connectivity index (χ0n) is 3.23. The van der Waals surface area contributed by atoms with E-state index < -0.39 is 0 Å². The zero-order valence-corrected chi connectivity index (χ0v) is 3.23. The molecular weight excluding hydrogens is 78.1 g/mol. The molecule has 3 nitrogen and oxygen atoms in total. The van der Waals surface area contributed by atoms with Crippen LogP contribution in [-0.2, 0) is 0 Å². The van der Waals surface area contributed by atoms with Crippen LogP contribution < -0.4 is 11.3 Å². The average Bonchev–Trinajstić information content (AvgIpc) is 1.65. The number of nitrogens with two attached hydrogens (primary N) is 1. The first kappa shape index (κ1) is 4.99. The Bertz CT molecular complexity index is 88.7. The second-order valence-electron chi connectivity index (χ2n) is 0.735. The smallest absolute Gasteiger partial charge is 0.120 e. The molecule has 0 radical (unpaired) electrons. The van der Waals surface area contributed by atoms with Gasteiger partial charge in [0, 0.05) is 0 Å². The maximum absolute atomic E-state index is 7.84. The molecule has 0 aromatic rings. The number of nitriles is 1. The molecule has 0 aliphatic carbocycles. The molecule has 3 N–H and O–H groups in total. The fourth-order valence-electron chi connectivity index (χ4n) is 0.0323. The van der Waals surface area contributed by atoms with E-state index >= 15 is 0 Å². The van der Waals surface area contributed by atoms with Crippen molar-refractivity contribution < 1.29 is 0 Å². The summed E-state index contributed by atoms with van der Waals surface area (Å²) >= 11 is 0. The number of hydrogen-bond acceptors (Lipinski definition) is 3. The van der Waals surface area contributed by atoms with Crippen LogP contribution in [0.3, 0.4) is 0 Å². The maximum atomic E-state index is 7.84. The summed E-state index contributed by atoms with van der Waals surface area (Å²) in [6, 6.07) is 1.68. The van der Waals surface area contributed by atoms with E-state index in [2.05, 4.69) is 12.0 Å². The van der Waals surface area contributed by atoms with Gasteiger partial charge in [-0.15, -0.1) is 0 Å². The summed E-state index contributed by atoms with van der Waals surface area (Å²) in [5, 5.41) is 7.84. The topological polar surface area (TPSA) is 61.8 Å². The van der Waals surface area contributed by atoms with Crippen molar-refractivity contribution in [2.24, 2.45) is 5.84 Å². The van der Waals surface area contributed by atoms with Gasteiger partial charge >= 0.3 is 0 Å². The molecule has 0 spiro atoms. The summed E-state index contributed by atoms with van der Waals surface area (Å²) in [5.74, 6) is 4.71. The van der Waals surface area contributed by atoms with Crippen molar-refractivity contribution in [1.82, 2.24) is 5.43 Å². The molecule has 0 bridgehead atoms. The Balaban J connectivity index is 3.33. The molecule has 0 aliphatic rings. The molecule has 0 saturated heterocycles. The van der Waals surface area contributed by atoms with Gasteiger partial charge in [0.1, 0.15) is 11.8 Å². The van der Waals surface area contributed by atoms with Gasteiger partial charge in [0.15, 0.2) is 0 Å². The third-order valence-electron chi connectivity index (χ3n) is 0.309. The Kier molecular flexibility index (Phi) is 1.86. The highest BCUT2D eigenvalue weighted by Gasteiger charge is 1.74. The van der Waals surface area contributed by atoms with Gasteiger partial charge < -0.3 is 5.43 Å². The number of hydrazine groups is 1. The van der Waals surface area contributed by atoms with Crippen molar-refractivity contribution >= 4 is 0 Å². The summed E-state index contributed by atoms with van der Waals surface area (Å²) in [6.45, 7) is 3.19. The van der Waals surface area contributed by atoms with Crippen molar-refractivity contribution in [3.05, 3.63) is 12.3 Å². The fraction of sp³-hybridized carbons (Fsp3) is 0. The van der Waals surface area contributed by atoms with Gasteiger partial charge in [-0.3, -0.25) is 0 Å². The van der Waals surface area contributed by atoms with Crippen molar-refractivity contribution in [3.63, 3.8) is 0 Å². The highest BCUT2D eigenvalue weighted by molar-refractivity contribution is 5.11. The highest BCUT2D eigenvalue weighted by Crippen LogP contribution is 1.67. The molecule has 0 fully saturated rings. The Hall–Kier alpha value is -1.01. The fourth-order valence-corrected chi connectivity index (χ4v) is 0.0323. The lowest BCUT2D eigenvalue weighted by atomic mass is 10.6. The number of rotatable bonds is 1. The highest BCUT2D eigenvalue weighted by atomic mass is 15.2. The van der Waals surface area contributed by atoms with Gasteiger partial charge in [0.2, 0.25) is 0 Å². The summed E-state index contributed by atoms with van der Waals surface area (Å²) < 4.78 is 0. The Morgan fingerprint density at radius 1 is 2.00 bits per heavy atom. The number of nitrogens with zero attached hydrogens (tertiary/aromatic N) is 1. The number of nitrogens with one attached hydrogen (secondary N) is 1. The van der Waals surface area contributed by atoms with Crippen LogP contribution in [-0.4, -0.2) is 0 Å². The molecule has 32 valence electrons.